The van der Waals surface area contributed by atoms with Gasteiger partial charge in [-0.3, -0.25) is 5.43 Å². The third-order valence-corrected chi connectivity index (χ3v) is 3.87. The van der Waals surface area contributed by atoms with Crippen LogP contribution in [-0.2, 0) is 6.18 Å². The number of hydrogen-bond acceptors (Lipinski definition) is 2. The number of nitrogens with one attached hydrogen (secondary N) is 2. The maximum absolute atomic E-state index is 12.8. The zero-order valence-corrected chi connectivity index (χ0v) is 15.1. The molecule has 2 aromatic rings. The highest BCUT2D eigenvalue weighted by molar-refractivity contribution is 7.80. The van der Waals surface area contributed by atoms with Crippen molar-refractivity contribution in [3.05, 3.63) is 63.6 Å². The highest BCUT2D eigenvalue weighted by Gasteiger charge is 2.31. The first-order chi connectivity index (χ1) is 11.7. The predicted octanol–water partition coefficient (Wildman–Crippen LogP) is 5.72. The molecule has 0 spiro atoms. The first-order valence-electron chi connectivity index (χ1n) is 6.91. The van der Waals surface area contributed by atoms with Gasteiger partial charge in [0.1, 0.15) is 0 Å². The van der Waals surface area contributed by atoms with Crippen LogP contribution in [0.25, 0.3) is 0 Å². The van der Waals surface area contributed by atoms with Gasteiger partial charge in [-0.25, -0.2) is 0 Å². The van der Waals surface area contributed by atoms with Crippen molar-refractivity contribution < 1.29 is 13.2 Å². The lowest BCUT2D eigenvalue weighted by Crippen LogP contribution is -2.25. The molecule has 0 aliphatic carbocycles. The summed E-state index contributed by atoms with van der Waals surface area (Å²) < 4.78 is 38.3. The lowest BCUT2D eigenvalue weighted by atomic mass is 10.1. The van der Waals surface area contributed by atoms with Gasteiger partial charge in [-0.05, 0) is 55.0 Å². The molecule has 3 nitrogen and oxygen atoms in total. The zero-order valence-electron chi connectivity index (χ0n) is 12.8. The van der Waals surface area contributed by atoms with Gasteiger partial charge >= 0.3 is 6.18 Å². The molecule has 0 bridgehead atoms. The first-order valence-corrected chi connectivity index (χ1v) is 8.07. The maximum atomic E-state index is 12.8. The molecule has 0 amide bonds. The predicted molar refractivity (Wildman–Crippen MR) is 99.5 cm³/mol. The average molecular weight is 406 g/mol. The Bertz CT molecular complexity index is 823. The Balaban J connectivity index is 2.09. The molecule has 0 aliphatic heterocycles. The van der Waals surface area contributed by atoms with Gasteiger partial charge in [-0.15, -0.1) is 0 Å². The Labute approximate surface area is 157 Å². The van der Waals surface area contributed by atoms with Gasteiger partial charge in [-0.2, -0.15) is 18.3 Å². The number of benzene rings is 2. The fourth-order valence-electron chi connectivity index (χ4n) is 1.86. The quantitative estimate of drug-likeness (QED) is 0.389. The van der Waals surface area contributed by atoms with Crippen LogP contribution in [0, 0.1) is 0 Å². The van der Waals surface area contributed by atoms with E-state index in [1.807, 2.05) is 6.07 Å². The molecular formula is C16H12Cl2F3N3S. The number of rotatable bonds is 3. The van der Waals surface area contributed by atoms with Crippen LogP contribution in [0.15, 0.2) is 47.6 Å². The van der Waals surface area contributed by atoms with E-state index in [4.69, 9.17) is 35.4 Å². The summed E-state index contributed by atoms with van der Waals surface area (Å²) >= 11 is 16.8. The summed E-state index contributed by atoms with van der Waals surface area (Å²) in [6.07, 6.45) is -4.47. The van der Waals surface area contributed by atoms with E-state index >= 15 is 0 Å². The smallest absolute Gasteiger partial charge is 0.330 e. The minimum absolute atomic E-state index is 0.00241. The van der Waals surface area contributed by atoms with Crippen molar-refractivity contribution in [2.75, 3.05) is 5.32 Å². The Morgan fingerprint density at radius 2 is 1.84 bits per heavy atom. The third kappa shape index (κ3) is 5.59. The van der Waals surface area contributed by atoms with Crippen LogP contribution in [0.5, 0.6) is 0 Å². The Morgan fingerprint density at radius 3 is 2.48 bits per heavy atom. The lowest BCUT2D eigenvalue weighted by molar-refractivity contribution is -0.137. The molecule has 2 rings (SSSR count). The van der Waals surface area contributed by atoms with E-state index in [1.165, 1.54) is 0 Å². The van der Waals surface area contributed by atoms with Gasteiger partial charge < -0.3 is 5.32 Å². The molecule has 132 valence electrons. The fourth-order valence-corrected chi connectivity index (χ4v) is 2.37. The Morgan fingerprint density at radius 1 is 1.12 bits per heavy atom. The lowest BCUT2D eigenvalue weighted by Gasteiger charge is -2.13. The van der Waals surface area contributed by atoms with Crippen LogP contribution >= 0.6 is 35.4 Å². The van der Waals surface area contributed by atoms with Crippen LogP contribution < -0.4 is 10.7 Å². The highest BCUT2D eigenvalue weighted by Crippen LogP contribution is 2.33. The first kappa shape index (κ1) is 19.5. The van der Waals surface area contributed by atoms with E-state index in [-0.39, 0.29) is 15.8 Å². The average Bonchev–Trinajstić information content (AvgIpc) is 2.53. The van der Waals surface area contributed by atoms with Crippen LogP contribution in [-0.4, -0.2) is 10.8 Å². The van der Waals surface area contributed by atoms with Gasteiger partial charge in [-0.1, -0.05) is 35.3 Å². The van der Waals surface area contributed by atoms with Crippen molar-refractivity contribution in [1.29, 1.82) is 0 Å². The van der Waals surface area contributed by atoms with Crippen molar-refractivity contribution in [2.45, 2.75) is 13.1 Å². The molecule has 0 heterocycles. The molecule has 0 aliphatic rings. The number of hydrazone groups is 1. The molecule has 2 aromatic carbocycles. The van der Waals surface area contributed by atoms with E-state index in [0.717, 1.165) is 23.8 Å². The highest BCUT2D eigenvalue weighted by atomic mass is 35.5. The molecule has 0 fully saturated rings. The summed E-state index contributed by atoms with van der Waals surface area (Å²) in [6.45, 7) is 1.73. The molecule has 9 heteroatoms. The van der Waals surface area contributed by atoms with E-state index in [2.05, 4.69) is 15.8 Å². The molecule has 0 atom stereocenters. The number of nitrogens with zero attached hydrogens (tertiary/aromatic N) is 1. The van der Waals surface area contributed by atoms with Crippen molar-refractivity contribution in [2.24, 2.45) is 5.10 Å². The normalized spacial score (nSPS) is 12.0. The number of halogens is 5. The van der Waals surface area contributed by atoms with Crippen molar-refractivity contribution in [3.63, 3.8) is 0 Å². The molecule has 0 aromatic heterocycles. The Hall–Kier alpha value is -1.83. The standard InChI is InChI=1S/C16H12Cl2F3N3S/c1-9(10-3-2-4-12(17)7-10)23-24-15(25)22-14-8-11(16(19,20)21)5-6-13(14)18/h2-8H,1H3,(H2,22,24,25)/b23-9-. The summed E-state index contributed by atoms with van der Waals surface area (Å²) in [5.74, 6) is 0. The fraction of sp³-hybridized carbons (Fsp3) is 0.125. The minimum Gasteiger partial charge on any atom is -0.330 e. The van der Waals surface area contributed by atoms with E-state index in [1.54, 1.807) is 25.1 Å². The summed E-state index contributed by atoms with van der Waals surface area (Å²) in [5, 5.41) is 7.33. The molecule has 0 unspecified atom stereocenters. The molecule has 25 heavy (non-hydrogen) atoms. The largest absolute Gasteiger partial charge is 0.416 e. The van der Waals surface area contributed by atoms with Gasteiger partial charge in [0, 0.05) is 5.02 Å². The van der Waals surface area contributed by atoms with Crippen molar-refractivity contribution in [1.82, 2.24) is 5.43 Å². The summed E-state index contributed by atoms with van der Waals surface area (Å²) in [5.41, 5.74) is 3.14. The van der Waals surface area contributed by atoms with Crippen LogP contribution in [0.4, 0.5) is 18.9 Å². The van der Waals surface area contributed by atoms with Gasteiger partial charge in [0.05, 0.1) is 22.0 Å². The van der Waals surface area contributed by atoms with Crippen LogP contribution in [0.3, 0.4) is 0 Å². The zero-order chi connectivity index (χ0) is 18.6. The SMILES string of the molecule is C/C(=N/NC(=S)Nc1cc(C(F)(F)F)ccc1Cl)c1cccc(Cl)c1. The summed E-state index contributed by atoms with van der Waals surface area (Å²) in [6, 6.07) is 9.96. The summed E-state index contributed by atoms with van der Waals surface area (Å²) in [7, 11) is 0. The summed E-state index contributed by atoms with van der Waals surface area (Å²) in [4.78, 5) is 0. The molecule has 0 saturated carbocycles. The van der Waals surface area contributed by atoms with Crippen LogP contribution in [0.1, 0.15) is 18.1 Å². The van der Waals surface area contributed by atoms with Crippen molar-refractivity contribution in [3.8, 4) is 0 Å². The van der Waals surface area contributed by atoms with E-state index in [0.29, 0.717) is 10.7 Å². The second-order valence-corrected chi connectivity index (χ2v) is 6.22. The minimum atomic E-state index is -4.47. The monoisotopic (exact) mass is 405 g/mol. The molecule has 0 radical (unpaired) electrons. The Kier molecular flexibility index (Phi) is 6.26. The molecule has 2 N–H and O–H groups in total. The van der Waals surface area contributed by atoms with Gasteiger partial charge in [0.25, 0.3) is 0 Å². The molecule has 0 saturated heterocycles. The van der Waals surface area contributed by atoms with Crippen molar-refractivity contribution >= 4 is 51.9 Å². The second-order valence-electron chi connectivity index (χ2n) is 4.97. The number of thiocarbonyl (C=S) groups is 1. The van der Waals surface area contributed by atoms with Gasteiger partial charge in [0.15, 0.2) is 5.11 Å². The maximum Gasteiger partial charge on any atom is 0.416 e. The van der Waals surface area contributed by atoms with Gasteiger partial charge in [0.2, 0.25) is 0 Å². The third-order valence-electron chi connectivity index (χ3n) is 3.11. The molecular weight excluding hydrogens is 394 g/mol. The number of hydrogen-bond donors (Lipinski definition) is 2. The van der Waals surface area contributed by atoms with Crippen LogP contribution in [0.2, 0.25) is 10.0 Å². The second kappa shape index (κ2) is 8.03. The van der Waals surface area contributed by atoms with E-state index < -0.39 is 11.7 Å². The number of anilines is 1. The topological polar surface area (TPSA) is 36.4 Å². The van der Waals surface area contributed by atoms with E-state index in [9.17, 15) is 13.2 Å². The number of alkyl halides is 3.